The van der Waals surface area contributed by atoms with Gasteiger partial charge in [-0.15, -0.1) is 0 Å². The van der Waals surface area contributed by atoms with E-state index >= 15 is 0 Å². The molecule has 0 fully saturated rings. The van der Waals surface area contributed by atoms with Crippen molar-refractivity contribution >= 4 is 17.5 Å². The van der Waals surface area contributed by atoms with Crippen LogP contribution in [-0.4, -0.2) is 16.8 Å². The number of aromatic amines is 1. The third-order valence-corrected chi connectivity index (χ3v) is 3.11. The van der Waals surface area contributed by atoms with Crippen LogP contribution >= 0.6 is 0 Å². The molecular weight excluding hydrogens is 242 g/mol. The molecule has 1 aromatic carbocycles. The van der Waals surface area contributed by atoms with Crippen LogP contribution in [0.3, 0.4) is 0 Å². The number of nitrogens with one attached hydrogen (secondary N) is 3. The first-order valence-electron chi connectivity index (χ1n) is 6.05. The van der Waals surface area contributed by atoms with Gasteiger partial charge in [0.15, 0.2) is 0 Å². The van der Waals surface area contributed by atoms with Gasteiger partial charge in [-0.25, -0.2) is 0 Å². The predicted molar refractivity (Wildman–Crippen MR) is 70.7 cm³/mol. The molecule has 5 nitrogen and oxygen atoms in total. The number of amides is 2. The van der Waals surface area contributed by atoms with Crippen LogP contribution < -0.4 is 10.6 Å². The van der Waals surface area contributed by atoms with E-state index in [-0.39, 0.29) is 11.8 Å². The van der Waals surface area contributed by atoms with Crippen molar-refractivity contribution in [2.75, 3.05) is 5.32 Å². The van der Waals surface area contributed by atoms with Crippen molar-refractivity contribution in [3.63, 3.8) is 0 Å². The van der Waals surface area contributed by atoms with E-state index in [2.05, 4.69) is 15.6 Å². The predicted octanol–water partition coefficient (Wildman–Crippen LogP) is 1.44. The van der Waals surface area contributed by atoms with Gasteiger partial charge in [-0.2, -0.15) is 0 Å². The highest BCUT2D eigenvalue weighted by molar-refractivity contribution is 6.01. The van der Waals surface area contributed by atoms with E-state index in [1.54, 1.807) is 18.2 Å². The van der Waals surface area contributed by atoms with Crippen LogP contribution in [-0.2, 0) is 17.8 Å². The largest absolute Gasteiger partial charge is 0.367 e. The van der Waals surface area contributed by atoms with E-state index in [1.165, 1.54) is 0 Å². The quantitative estimate of drug-likeness (QED) is 0.776. The highest BCUT2D eigenvalue weighted by atomic mass is 16.2. The summed E-state index contributed by atoms with van der Waals surface area (Å²) in [5.41, 5.74) is 3.27. The second-order valence-corrected chi connectivity index (χ2v) is 4.50. The maximum Gasteiger partial charge on any atom is 0.251 e. The number of H-pyrrole nitrogens is 1. The van der Waals surface area contributed by atoms with Crippen molar-refractivity contribution in [2.45, 2.75) is 13.0 Å². The summed E-state index contributed by atoms with van der Waals surface area (Å²) in [7, 11) is 0. The molecule has 3 rings (SSSR count). The van der Waals surface area contributed by atoms with Gasteiger partial charge in [0.2, 0.25) is 5.91 Å². The Morgan fingerprint density at radius 1 is 1.32 bits per heavy atom. The summed E-state index contributed by atoms with van der Waals surface area (Å²) < 4.78 is 0. The van der Waals surface area contributed by atoms with Gasteiger partial charge in [0, 0.05) is 30.2 Å². The van der Waals surface area contributed by atoms with Gasteiger partial charge < -0.3 is 15.6 Å². The van der Waals surface area contributed by atoms with E-state index in [0.717, 1.165) is 16.8 Å². The van der Waals surface area contributed by atoms with Crippen molar-refractivity contribution in [2.24, 2.45) is 0 Å². The third kappa shape index (κ3) is 2.35. The minimum atomic E-state index is -0.136. The maximum atomic E-state index is 12.0. The molecule has 96 valence electrons. The highest BCUT2D eigenvalue weighted by Gasteiger charge is 2.18. The van der Waals surface area contributed by atoms with E-state index in [4.69, 9.17) is 0 Å². The number of hydrogen-bond donors (Lipinski definition) is 3. The second-order valence-electron chi connectivity index (χ2n) is 4.50. The van der Waals surface area contributed by atoms with Gasteiger partial charge in [-0.1, -0.05) is 0 Å². The fraction of sp³-hybridized carbons (Fsp3) is 0.143. The summed E-state index contributed by atoms with van der Waals surface area (Å²) in [6.45, 7) is 0.483. The van der Waals surface area contributed by atoms with Crippen molar-refractivity contribution < 1.29 is 9.59 Å². The Bertz CT molecular complexity index is 632. The average molecular weight is 255 g/mol. The average Bonchev–Trinajstić information content (AvgIpc) is 3.02. The molecule has 3 N–H and O–H groups in total. The fourth-order valence-electron chi connectivity index (χ4n) is 2.12. The summed E-state index contributed by atoms with van der Waals surface area (Å²) in [6, 6.07) is 7.16. The molecular formula is C14H13N3O2. The zero-order valence-electron chi connectivity index (χ0n) is 10.2. The Balaban J connectivity index is 1.70. The molecule has 0 unspecified atom stereocenters. The van der Waals surface area contributed by atoms with Crippen LogP contribution in [0.4, 0.5) is 5.69 Å². The molecule has 2 heterocycles. The van der Waals surface area contributed by atoms with Gasteiger partial charge in [0.25, 0.3) is 5.91 Å². The van der Waals surface area contributed by atoms with E-state index in [9.17, 15) is 9.59 Å². The van der Waals surface area contributed by atoms with Crippen LogP contribution in [0.15, 0.2) is 36.7 Å². The first kappa shape index (κ1) is 11.5. The normalized spacial score (nSPS) is 12.9. The second kappa shape index (κ2) is 4.61. The van der Waals surface area contributed by atoms with Gasteiger partial charge in [0.1, 0.15) is 0 Å². The summed E-state index contributed by atoms with van der Waals surface area (Å²) in [5, 5.41) is 5.58. The number of carbonyl (C=O) groups excluding carboxylic acids is 2. The zero-order chi connectivity index (χ0) is 13.2. The molecule has 0 atom stereocenters. The number of hydrogen-bond acceptors (Lipinski definition) is 2. The van der Waals surface area contributed by atoms with Crippen LogP contribution in [0.1, 0.15) is 21.5 Å². The van der Waals surface area contributed by atoms with E-state index < -0.39 is 0 Å². The third-order valence-electron chi connectivity index (χ3n) is 3.11. The molecule has 0 aliphatic carbocycles. The lowest BCUT2D eigenvalue weighted by atomic mass is 10.1. The van der Waals surface area contributed by atoms with Gasteiger partial charge in [-0.3, -0.25) is 9.59 Å². The Hall–Kier alpha value is -2.56. The number of aromatic nitrogens is 1. The van der Waals surface area contributed by atoms with Crippen molar-refractivity contribution in [1.29, 1.82) is 0 Å². The molecule has 0 bridgehead atoms. The minimum Gasteiger partial charge on any atom is -0.367 e. The molecule has 5 heteroatoms. The monoisotopic (exact) mass is 255 g/mol. The fourth-order valence-corrected chi connectivity index (χ4v) is 2.12. The first-order valence-corrected chi connectivity index (χ1v) is 6.05. The SMILES string of the molecule is O=C1Cc2cc(C(=O)NCc3cc[nH]c3)ccc2N1. The molecule has 19 heavy (non-hydrogen) atoms. The highest BCUT2D eigenvalue weighted by Crippen LogP contribution is 2.23. The topological polar surface area (TPSA) is 74.0 Å². The lowest BCUT2D eigenvalue weighted by Gasteiger charge is -2.05. The summed E-state index contributed by atoms with van der Waals surface area (Å²) in [5.74, 6) is -0.164. The van der Waals surface area contributed by atoms with Crippen LogP contribution in [0.25, 0.3) is 0 Å². The minimum absolute atomic E-state index is 0.0279. The van der Waals surface area contributed by atoms with E-state index in [0.29, 0.717) is 18.5 Å². The zero-order valence-corrected chi connectivity index (χ0v) is 10.2. The Morgan fingerprint density at radius 2 is 2.21 bits per heavy atom. The summed E-state index contributed by atoms with van der Waals surface area (Å²) >= 11 is 0. The van der Waals surface area contributed by atoms with Gasteiger partial charge in [0.05, 0.1) is 6.42 Å². The Kier molecular flexibility index (Phi) is 2.79. The molecule has 0 radical (unpaired) electrons. The maximum absolute atomic E-state index is 12.0. The summed E-state index contributed by atoms with van der Waals surface area (Å²) in [4.78, 5) is 26.2. The van der Waals surface area contributed by atoms with Gasteiger partial charge in [-0.05, 0) is 35.4 Å². The molecule has 1 aromatic heterocycles. The van der Waals surface area contributed by atoms with Crippen molar-refractivity contribution in [3.05, 3.63) is 53.3 Å². The molecule has 2 amide bonds. The number of rotatable bonds is 3. The molecule has 1 aliphatic rings. The van der Waals surface area contributed by atoms with Crippen LogP contribution in [0.2, 0.25) is 0 Å². The molecule has 0 spiro atoms. The number of fused-ring (bicyclic) bond motifs is 1. The number of anilines is 1. The van der Waals surface area contributed by atoms with E-state index in [1.807, 2.05) is 18.5 Å². The molecule has 2 aromatic rings. The van der Waals surface area contributed by atoms with Crippen LogP contribution in [0, 0.1) is 0 Å². The molecule has 0 saturated carbocycles. The lowest BCUT2D eigenvalue weighted by Crippen LogP contribution is -2.22. The smallest absolute Gasteiger partial charge is 0.251 e. The van der Waals surface area contributed by atoms with Crippen molar-refractivity contribution in [3.8, 4) is 0 Å². The van der Waals surface area contributed by atoms with Crippen molar-refractivity contribution in [1.82, 2.24) is 10.3 Å². The Labute approximate surface area is 110 Å². The van der Waals surface area contributed by atoms with Gasteiger partial charge >= 0.3 is 0 Å². The molecule has 1 aliphatic heterocycles. The first-order chi connectivity index (χ1) is 9.22. The standard InChI is InChI=1S/C14H13N3O2/c18-13-6-11-5-10(1-2-12(11)17-13)14(19)16-8-9-3-4-15-7-9/h1-5,7,15H,6,8H2,(H,16,19)(H,17,18). The summed E-state index contributed by atoms with van der Waals surface area (Å²) in [6.07, 6.45) is 3.99. The number of carbonyl (C=O) groups is 2. The molecule has 0 saturated heterocycles. The Morgan fingerprint density at radius 3 is 3.00 bits per heavy atom. The number of benzene rings is 1. The lowest BCUT2D eigenvalue weighted by molar-refractivity contribution is -0.115. The van der Waals surface area contributed by atoms with Crippen LogP contribution in [0.5, 0.6) is 0 Å².